The van der Waals surface area contributed by atoms with Gasteiger partial charge in [-0.1, -0.05) is 12.1 Å². The van der Waals surface area contributed by atoms with E-state index in [4.69, 9.17) is 4.74 Å². The van der Waals surface area contributed by atoms with Gasteiger partial charge in [-0.2, -0.15) is 0 Å². The molecule has 0 aromatic heterocycles. The molecule has 1 aliphatic heterocycles. The average molecular weight is 349 g/mol. The SMILES string of the molecule is CCN(Cc1cccc([N+](=O)[O-])c1)C(=O)[C@@H]1CCCN(C(=O)OC)C1. The van der Waals surface area contributed by atoms with Crippen molar-refractivity contribution in [3.63, 3.8) is 0 Å². The number of carbonyl (C=O) groups excluding carboxylic acids is 2. The highest BCUT2D eigenvalue weighted by molar-refractivity contribution is 5.80. The molecule has 1 aromatic carbocycles. The number of hydrogen-bond donors (Lipinski definition) is 0. The van der Waals surface area contributed by atoms with Crippen LogP contribution in [0.2, 0.25) is 0 Å². The number of likely N-dealkylation sites (tertiary alicyclic amines) is 1. The third kappa shape index (κ3) is 4.68. The lowest BCUT2D eigenvalue weighted by molar-refractivity contribution is -0.384. The van der Waals surface area contributed by atoms with Gasteiger partial charge in [0.25, 0.3) is 5.69 Å². The molecule has 1 aliphatic rings. The molecule has 0 spiro atoms. The molecular formula is C17H23N3O5. The molecule has 25 heavy (non-hydrogen) atoms. The van der Waals surface area contributed by atoms with Crippen LogP contribution >= 0.6 is 0 Å². The maximum atomic E-state index is 12.8. The number of benzene rings is 1. The number of non-ortho nitro benzene ring substituents is 1. The smallest absolute Gasteiger partial charge is 0.409 e. The van der Waals surface area contributed by atoms with Crippen LogP contribution in [0.15, 0.2) is 24.3 Å². The van der Waals surface area contributed by atoms with E-state index in [0.717, 1.165) is 12.8 Å². The van der Waals surface area contributed by atoms with E-state index >= 15 is 0 Å². The summed E-state index contributed by atoms with van der Waals surface area (Å²) >= 11 is 0. The van der Waals surface area contributed by atoms with Gasteiger partial charge in [0, 0.05) is 38.3 Å². The van der Waals surface area contributed by atoms with E-state index in [1.807, 2.05) is 6.92 Å². The number of nitro groups is 1. The predicted molar refractivity (Wildman–Crippen MR) is 90.9 cm³/mol. The minimum atomic E-state index is -0.447. The van der Waals surface area contributed by atoms with Crippen molar-refractivity contribution < 1.29 is 19.2 Å². The molecule has 1 aromatic rings. The molecule has 0 N–H and O–H groups in total. The lowest BCUT2D eigenvalue weighted by Crippen LogP contribution is -2.46. The Balaban J connectivity index is 2.06. The van der Waals surface area contributed by atoms with E-state index in [2.05, 4.69) is 0 Å². The second kappa shape index (κ2) is 8.46. The molecule has 8 nitrogen and oxygen atoms in total. The van der Waals surface area contributed by atoms with E-state index in [1.165, 1.54) is 19.2 Å². The number of rotatable bonds is 5. The van der Waals surface area contributed by atoms with Gasteiger partial charge in [-0.3, -0.25) is 14.9 Å². The number of carbonyl (C=O) groups is 2. The summed E-state index contributed by atoms with van der Waals surface area (Å²) in [4.78, 5) is 38.2. The second-order valence-electron chi connectivity index (χ2n) is 6.03. The Morgan fingerprint density at radius 3 is 2.84 bits per heavy atom. The van der Waals surface area contributed by atoms with Crippen molar-refractivity contribution >= 4 is 17.7 Å². The van der Waals surface area contributed by atoms with E-state index in [1.54, 1.807) is 21.9 Å². The Morgan fingerprint density at radius 1 is 1.44 bits per heavy atom. The van der Waals surface area contributed by atoms with Crippen LogP contribution in [0.5, 0.6) is 0 Å². The number of methoxy groups -OCH3 is 1. The molecule has 1 fully saturated rings. The first-order valence-corrected chi connectivity index (χ1v) is 8.31. The largest absolute Gasteiger partial charge is 0.453 e. The quantitative estimate of drug-likeness (QED) is 0.601. The zero-order valence-corrected chi connectivity index (χ0v) is 14.5. The molecule has 136 valence electrons. The molecule has 0 aliphatic carbocycles. The number of piperidine rings is 1. The number of ether oxygens (including phenoxy) is 1. The molecule has 2 rings (SSSR count). The Labute approximate surface area is 146 Å². The minimum Gasteiger partial charge on any atom is -0.453 e. The van der Waals surface area contributed by atoms with Crippen molar-refractivity contribution in [1.82, 2.24) is 9.80 Å². The number of nitro benzene ring substituents is 1. The van der Waals surface area contributed by atoms with Crippen molar-refractivity contribution in [3.05, 3.63) is 39.9 Å². The monoisotopic (exact) mass is 349 g/mol. The molecule has 8 heteroatoms. The predicted octanol–water partition coefficient (Wildman–Crippen LogP) is 2.42. The molecule has 0 unspecified atom stereocenters. The highest BCUT2D eigenvalue weighted by Gasteiger charge is 2.31. The first-order chi connectivity index (χ1) is 12.0. The van der Waals surface area contributed by atoms with Crippen molar-refractivity contribution in [2.45, 2.75) is 26.3 Å². The van der Waals surface area contributed by atoms with E-state index < -0.39 is 11.0 Å². The molecule has 1 atom stereocenters. The third-order valence-electron chi connectivity index (χ3n) is 4.39. The topological polar surface area (TPSA) is 93.0 Å². The summed E-state index contributed by atoms with van der Waals surface area (Å²) in [7, 11) is 1.33. The Kier molecular flexibility index (Phi) is 6.32. The fourth-order valence-corrected chi connectivity index (χ4v) is 3.07. The Hall–Kier alpha value is -2.64. The maximum Gasteiger partial charge on any atom is 0.409 e. The highest BCUT2D eigenvalue weighted by Crippen LogP contribution is 2.21. The van der Waals surface area contributed by atoms with Crippen molar-refractivity contribution in [1.29, 1.82) is 0 Å². The standard InChI is InChI=1S/C17H23N3O5/c1-3-18(11-13-6-4-8-15(10-13)20(23)24)16(21)14-7-5-9-19(12-14)17(22)25-2/h4,6,8,10,14H,3,5,7,9,11-12H2,1-2H3/t14-/m1/s1. The molecule has 0 saturated carbocycles. The summed E-state index contributed by atoms with van der Waals surface area (Å²) in [5, 5.41) is 10.9. The van der Waals surface area contributed by atoms with E-state index in [9.17, 15) is 19.7 Å². The van der Waals surface area contributed by atoms with Crippen molar-refractivity contribution in [2.24, 2.45) is 5.92 Å². The Morgan fingerprint density at radius 2 is 2.20 bits per heavy atom. The molecule has 0 bridgehead atoms. The van der Waals surface area contributed by atoms with Crippen LogP contribution < -0.4 is 0 Å². The fourth-order valence-electron chi connectivity index (χ4n) is 3.07. The summed E-state index contributed by atoms with van der Waals surface area (Å²) < 4.78 is 4.73. The van der Waals surface area contributed by atoms with Gasteiger partial charge in [0.1, 0.15) is 0 Å². The van der Waals surface area contributed by atoms with Crippen LogP contribution in [0.25, 0.3) is 0 Å². The summed E-state index contributed by atoms with van der Waals surface area (Å²) in [6, 6.07) is 6.30. The highest BCUT2D eigenvalue weighted by atomic mass is 16.6. The van der Waals surface area contributed by atoms with Crippen LogP contribution in [0.3, 0.4) is 0 Å². The average Bonchev–Trinajstić information content (AvgIpc) is 2.65. The van der Waals surface area contributed by atoms with Gasteiger partial charge in [0.2, 0.25) is 5.91 Å². The van der Waals surface area contributed by atoms with E-state index in [0.29, 0.717) is 31.7 Å². The lowest BCUT2D eigenvalue weighted by Gasteiger charge is -2.34. The van der Waals surface area contributed by atoms with Crippen LogP contribution in [-0.4, -0.2) is 53.5 Å². The third-order valence-corrected chi connectivity index (χ3v) is 4.39. The van der Waals surface area contributed by atoms with Gasteiger partial charge < -0.3 is 14.5 Å². The molecule has 2 amide bonds. The van der Waals surface area contributed by atoms with Crippen LogP contribution in [0.1, 0.15) is 25.3 Å². The zero-order chi connectivity index (χ0) is 18.4. The summed E-state index contributed by atoms with van der Waals surface area (Å²) in [5.74, 6) is -0.311. The van der Waals surface area contributed by atoms with Gasteiger partial charge in [0.15, 0.2) is 0 Å². The first kappa shape index (κ1) is 18.7. The first-order valence-electron chi connectivity index (χ1n) is 8.31. The van der Waals surface area contributed by atoms with Gasteiger partial charge in [-0.25, -0.2) is 4.79 Å². The molecule has 1 saturated heterocycles. The summed E-state index contributed by atoms with van der Waals surface area (Å²) in [6.07, 6.45) is 1.05. The van der Waals surface area contributed by atoms with Gasteiger partial charge in [-0.15, -0.1) is 0 Å². The van der Waals surface area contributed by atoms with Crippen molar-refractivity contribution in [2.75, 3.05) is 26.7 Å². The number of hydrogen-bond acceptors (Lipinski definition) is 5. The molecular weight excluding hydrogens is 326 g/mol. The van der Waals surface area contributed by atoms with Gasteiger partial charge in [0.05, 0.1) is 18.0 Å². The lowest BCUT2D eigenvalue weighted by atomic mass is 9.96. The number of nitrogens with zero attached hydrogens (tertiary/aromatic N) is 3. The van der Waals surface area contributed by atoms with E-state index in [-0.39, 0.29) is 17.5 Å². The van der Waals surface area contributed by atoms with Crippen LogP contribution in [0, 0.1) is 16.0 Å². The van der Waals surface area contributed by atoms with Crippen LogP contribution in [-0.2, 0) is 16.1 Å². The zero-order valence-electron chi connectivity index (χ0n) is 14.5. The number of amides is 2. The minimum absolute atomic E-state index is 0.00975. The van der Waals surface area contributed by atoms with Gasteiger partial charge in [-0.05, 0) is 25.3 Å². The van der Waals surface area contributed by atoms with Gasteiger partial charge >= 0.3 is 6.09 Å². The Bertz CT molecular complexity index is 649. The molecule has 1 heterocycles. The molecule has 0 radical (unpaired) electrons. The van der Waals surface area contributed by atoms with Crippen molar-refractivity contribution in [3.8, 4) is 0 Å². The summed E-state index contributed by atoms with van der Waals surface area (Å²) in [5.41, 5.74) is 0.723. The summed E-state index contributed by atoms with van der Waals surface area (Å²) in [6.45, 7) is 3.61. The normalized spacial score (nSPS) is 17.0. The maximum absolute atomic E-state index is 12.8. The fraction of sp³-hybridized carbons (Fsp3) is 0.529. The van der Waals surface area contributed by atoms with Crippen LogP contribution in [0.4, 0.5) is 10.5 Å². The second-order valence-corrected chi connectivity index (χ2v) is 6.03.